The quantitative estimate of drug-likeness (QED) is 0.759. The lowest BCUT2D eigenvalue weighted by Crippen LogP contribution is -2.06. The van der Waals surface area contributed by atoms with Gasteiger partial charge in [0.15, 0.2) is 17.3 Å². The Hall–Kier alpha value is -2.64. The van der Waals surface area contributed by atoms with Gasteiger partial charge in [0.1, 0.15) is 0 Å². The summed E-state index contributed by atoms with van der Waals surface area (Å²) in [5, 5.41) is 10.9. The second-order valence-electron chi connectivity index (χ2n) is 5.03. The molecular weight excluding hydrogens is 319 g/mol. The number of nitrogens with one attached hydrogen (secondary N) is 1. The first-order valence-corrected chi connectivity index (χ1v) is 7.47. The molecule has 3 rings (SSSR count). The summed E-state index contributed by atoms with van der Waals surface area (Å²) in [6, 6.07) is 4.77. The van der Waals surface area contributed by atoms with E-state index >= 15 is 0 Å². The standard InChI is InChI=1S/C13H10F3N5.C3H8/c1-17-10-12-18-6-7-21(12)11(20-19-10)8-2-4-9(5-3-8)13(14,15)16;1-3-2/h2-7H,1H3,(H,17,19);3H2,1-2H3. The monoisotopic (exact) mass is 337 g/mol. The third-order valence-electron chi connectivity index (χ3n) is 3.03. The van der Waals surface area contributed by atoms with Gasteiger partial charge < -0.3 is 5.32 Å². The Labute approximate surface area is 137 Å². The Kier molecular flexibility index (Phi) is 5.38. The molecule has 0 saturated heterocycles. The van der Waals surface area contributed by atoms with Crippen molar-refractivity contribution in [2.75, 3.05) is 12.4 Å². The third kappa shape index (κ3) is 3.64. The van der Waals surface area contributed by atoms with Gasteiger partial charge in [-0.15, -0.1) is 10.2 Å². The van der Waals surface area contributed by atoms with E-state index in [2.05, 4.69) is 34.3 Å². The van der Waals surface area contributed by atoms with E-state index in [4.69, 9.17) is 0 Å². The van der Waals surface area contributed by atoms with Crippen LogP contribution in [0.15, 0.2) is 36.7 Å². The maximum Gasteiger partial charge on any atom is 0.416 e. The van der Waals surface area contributed by atoms with Crippen LogP contribution in [-0.2, 0) is 6.18 Å². The smallest absolute Gasteiger partial charge is 0.369 e. The van der Waals surface area contributed by atoms with Gasteiger partial charge in [-0.1, -0.05) is 32.4 Å². The van der Waals surface area contributed by atoms with E-state index in [-0.39, 0.29) is 0 Å². The normalized spacial score (nSPS) is 11.1. The van der Waals surface area contributed by atoms with Gasteiger partial charge in [-0.2, -0.15) is 13.2 Å². The Morgan fingerprint density at radius 2 is 1.71 bits per heavy atom. The highest BCUT2D eigenvalue weighted by Crippen LogP contribution is 2.30. The van der Waals surface area contributed by atoms with Crippen molar-refractivity contribution in [2.45, 2.75) is 26.4 Å². The van der Waals surface area contributed by atoms with Crippen molar-refractivity contribution < 1.29 is 13.2 Å². The van der Waals surface area contributed by atoms with E-state index in [0.29, 0.717) is 22.9 Å². The van der Waals surface area contributed by atoms with Gasteiger partial charge in [0, 0.05) is 25.0 Å². The molecule has 3 aromatic rings. The van der Waals surface area contributed by atoms with Crippen LogP contribution in [0.4, 0.5) is 19.0 Å². The Morgan fingerprint density at radius 1 is 1.08 bits per heavy atom. The molecule has 0 radical (unpaired) electrons. The number of halogens is 3. The van der Waals surface area contributed by atoms with Crippen molar-refractivity contribution in [3.05, 3.63) is 42.2 Å². The second-order valence-corrected chi connectivity index (χ2v) is 5.03. The molecule has 0 unspecified atom stereocenters. The lowest BCUT2D eigenvalue weighted by molar-refractivity contribution is -0.137. The molecule has 24 heavy (non-hydrogen) atoms. The molecule has 2 aromatic heterocycles. The van der Waals surface area contributed by atoms with Crippen molar-refractivity contribution in [1.29, 1.82) is 0 Å². The van der Waals surface area contributed by atoms with Crippen LogP contribution < -0.4 is 5.32 Å². The SMILES string of the molecule is CCC.CNc1nnc(-c2ccc(C(F)(F)F)cc2)n2ccnc12. The first kappa shape index (κ1) is 17.7. The fraction of sp³-hybridized carbons (Fsp3) is 0.312. The van der Waals surface area contributed by atoms with Crippen LogP contribution in [0.2, 0.25) is 0 Å². The van der Waals surface area contributed by atoms with Crippen LogP contribution in [0.3, 0.4) is 0 Å². The molecule has 0 atom stereocenters. The number of alkyl halides is 3. The lowest BCUT2D eigenvalue weighted by atomic mass is 10.1. The molecule has 8 heteroatoms. The summed E-state index contributed by atoms with van der Waals surface area (Å²) in [4.78, 5) is 4.15. The maximum absolute atomic E-state index is 12.6. The highest BCUT2D eigenvalue weighted by molar-refractivity contribution is 5.67. The van der Waals surface area contributed by atoms with Crippen molar-refractivity contribution in [3.8, 4) is 11.4 Å². The van der Waals surface area contributed by atoms with Crippen LogP contribution in [0.1, 0.15) is 25.8 Å². The highest BCUT2D eigenvalue weighted by atomic mass is 19.4. The third-order valence-corrected chi connectivity index (χ3v) is 3.03. The molecular formula is C16H18F3N5. The number of benzene rings is 1. The Bertz CT molecular complexity index is 794. The summed E-state index contributed by atoms with van der Waals surface area (Å²) in [5.74, 6) is 0.922. The van der Waals surface area contributed by atoms with Gasteiger partial charge in [-0.3, -0.25) is 4.40 Å². The molecule has 0 spiro atoms. The van der Waals surface area contributed by atoms with E-state index in [9.17, 15) is 13.2 Å². The van der Waals surface area contributed by atoms with Gasteiger partial charge >= 0.3 is 6.18 Å². The Balaban J connectivity index is 0.000000647. The van der Waals surface area contributed by atoms with E-state index in [0.717, 1.165) is 12.1 Å². The largest absolute Gasteiger partial charge is 0.416 e. The second kappa shape index (κ2) is 7.29. The molecule has 0 saturated carbocycles. The molecule has 0 bridgehead atoms. The minimum atomic E-state index is -4.36. The zero-order valence-corrected chi connectivity index (χ0v) is 13.6. The minimum Gasteiger partial charge on any atom is -0.369 e. The number of fused-ring (bicyclic) bond motifs is 1. The fourth-order valence-corrected chi connectivity index (χ4v) is 2.01. The van der Waals surface area contributed by atoms with E-state index in [1.165, 1.54) is 18.6 Å². The number of hydrogen-bond donors (Lipinski definition) is 1. The molecule has 1 aromatic carbocycles. The lowest BCUT2D eigenvalue weighted by Gasteiger charge is -2.09. The van der Waals surface area contributed by atoms with Crippen LogP contribution in [0, 0.1) is 0 Å². The summed E-state index contributed by atoms with van der Waals surface area (Å²) in [5.41, 5.74) is 0.386. The summed E-state index contributed by atoms with van der Waals surface area (Å²) < 4.78 is 39.4. The van der Waals surface area contributed by atoms with E-state index in [1.807, 2.05) is 0 Å². The van der Waals surface area contributed by atoms with Crippen LogP contribution in [0.5, 0.6) is 0 Å². The predicted octanol–water partition coefficient (Wildman–Crippen LogP) is 4.27. The van der Waals surface area contributed by atoms with Crippen molar-refractivity contribution in [1.82, 2.24) is 19.6 Å². The van der Waals surface area contributed by atoms with Crippen molar-refractivity contribution >= 4 is 11.5 Å². The number of anilines is 1. The van der Waals surface area contributed by atoms with Crippen LogP contribution >= 0.6 is 0 Å². The topological polar surface area (TPSA) is 55.1 Å². The first-order valence-electron chi connectivity index (χ1n) is 7.47. The van der Waals surface area contributed by atoms with Gasteiger partial charge in [-0.25, -0.2) is 4.98 Å². The fourth-order valence-electron chi connectivity index (χ4n) is 2.01. The summed E-state index contributed by atoms with van der Waals surface area (Å²) in [7, 11) is 1.69. The van der Waals surface area contributed by atoms with Crippen LogP contribution in [-0.4, -0.2) is 26.6 Å². The molecule has 5 nitrogen and oxygen atoms in total. The number of aromatic nitrogens is 4. The molecule has 1 N–H and O–H groups in total. The molecule has 0 fully saturated rings. The van der Waals surface area contributed by atoms with E-state index < -0.39 is 11.7 Å². The predicted molar refractivity (Wildman–Crippen MR) is 86.7 cm³/mol. The van der Waals surface area contributed by atoms with Crippen LogP contribution in [0.25, 0.3) is 17.0 Å². The molecule has 128 valence electrons. The first-order chi connectivity index (χ1) is 11.4. The number of imidazole rings is 1. The summed E-state index contributed by atoms with van der Waals surface area (Å²) in [6.45, 7) is 4.25. The van der Waals surface area contributed by atoms with E-state index in [1.54, 1.807) is 23.8 Å². The number of nitrogens with zero attached hydrogens (tertiary/aromatic N) is 4. The van der Waals surface area contributed by atoms with Gasteiger partial charge in [-0.05, 0) is 12.1 Å². The molecule has 0 amide bonds. The number of hydrogen-bond acceptors (Lipinski definition) is 4. The van der Waals surface area contributed by atoms with Gasteiger partial charge in [0.2, 0.25) is 0 Å². The minimum absolute atomic E-state index is 0.426. The Morgan fingerprint density at radius 3 is 2.25 bits per heavy atom. The van der Waals surface area contributed by atoms with Crippen molar-refractivity contribution in [3.63, 3.8) is 0 Å². The van der Waals surface area contributed by atoms with Crippen molar-refractivity contribution in [2.24, 2.45) is 0 Å². The summed E-state index contributed by atoms with van der Waals surface area (Å²) in [6.07, 6.45) is 0.148. The molecule has 2 heterocycles. The highest BCUT2D eigenvalue weighted by Gasteiger charge is 2.30. The molecule has 0 aliphatic rings. The average molecular weight is 337 g/mol. The molecule has 0 aliphatic carbocycles. The summed E-state index contributed by atoms with van der Waals surface area (Å²) >= 11 is 0. The maximum atomic E-state index is 12.6. The van der Waals surface area contributed by atoms with Gasteiger partial charge in [0.25, 0.3) is 0 Å². The number of rotatable bonds is 2. The van der Waals surface area contributed by atoms with Gasteiger partial charge in [0.05, 0.1) is 5.56 Å². The average Bonchev–Trinajstić information content (AvgIpc) is 3.03. The zero-order valence-electron chi connectivity index (χ0n) is 13.6. The zero-order chi connectivity index (χ0) is 17.7. The molecule has 0 aliphatic heterocycles.